The molecule has 0 heterocycles. The zero-order valence-electron chi connectivity index (χ0n) is 14.4. The van der Waals surface area contributed by atoms with E-state index in [2.05, 4.69) is 19.1 Å². The van der Waals surface area contributed by atoms with E-state index < -0.39 is 10.1 Å². The van der Waals surface area contributed by atoms with Crippen molar-refractivity contribution in [1.29, 1.82) is 0 Å². The molecule has 1 aromatic carbocycles. The summed E-state index contributed by atoms with van der Waals surface area (Å²) in [7, 11) is -3.66. The molecular formula is C19H26O4S. The minimum absolute atomic E-state index is 0.194. The quantitative estimate of drug-likeness (QED) is 0.621. The van der Waals surface area contributed by atoms with Crippen LogP contribution in [0.15, 0.2) is 53.1 Å². The van der Waals surface area contributed by atoms with E-state index in [9.17, 15) is 8.42 Å². The topological polar surface area (TPSA) is 52.6 Å². The van der Waals surface area contributed by atoms with Gasteiger partial charge in [0.05, 0.1) is 18.1 Å². The molecule has 24 heavy (non-hydrogen) atoms. The molecule has 0 radical (unpaired) electrons. The molecule has 0 fully saturated rings. The second-order valence-electron chi connectivity index (χ2n) is 6.21. The molecule has 132 valence electrons. The first-order valence-electron chi connectivity index (χ1n) is 8.43. The summed E-state index contributed by atoms with van der Waals surface area (Å²) in [6.07, 6.45) is 9.89. The van der Waals surface area contributed by atoms with E-state index >= 15 is 0 Å². The Balaban J connectivity index is 1.68. The summed E-state index contributed by atoms with van der Waals surface area (Å²) in [5, 5.41) is 0. The molecule has 1 atom stereocenters. The van der Waals surface area contributed by atoms with Gasteiger partial charge in [-0.2, -0.15) is 8.42 Å². The Bertz CT molecular complexity index is 672. The molecular weight excluding hydrogens is 324 g/mol. The number of rotatable bonds is 9. The molecule has 4 nitrogen and oxygen atoms in total. The van der Waals surface area contributed by atoms with Crippen LogP contribution in [0.5, 0.6) is 0 Å². The molecule has 1 unspecified atom stereocenters. The first-order valence-corrected chi connectivity index (χ1v) is 9.84. The third kappa shape index (κ3) is 6.13. The van der Waals surface area contributed by atoms with Gasteiger partial charge in [-0.25, -0.2) is 0 Å². The van der Waals surface area contributed by atoms with Gasteiger partial charge >= 0.3 is 0 Å². The smallest absolute Gasteiger partial charge is 0.296 e. The molecule has 0 amide bonds. The molecule has 0 saturated heterocycles. The van der Waals surface area contributed by atoms with Crippen LogP contribution in [0.3, 0.4) is 0 Å². The van der Waals surface area contributed by atoms with Gasteiger partial charge in [0.25, 0.3) is 10.1 Å². The van der Waals surface area contributed by atoms with Crippen molar-refractivity contribution in [1.82, 2.24) is 0 Å². The van der Waals surface area contributed by atoms with E-state index in [0.29, 0.717) is 18.9 Å². The molecule has 0 N–H and O–H groups in total. The van der Waals surface area contributed by atoms with E-state index in [0.717, 1.165) is 30.6 Å². The Morgan fingerprint density at radius 3 is 2.46 bits per heavy atom. The number of hydrogen-bond acceptors (Lipinski definition) is 4. The highest BCUT2D eigenvalue weighted by atomic mass is 32.2. The summed E-state index contributed by atoms with van der Waals surface area (Å²) in [6, 6.07) is 6.69. The summed E-state index contributed by atoms with van der Waals surface area (Å²) in [5.41, 5.74) is 1.02. The molecule has 1 aliphatic rings. The normalized spacial score (nSPS) is 15.8. The van der Waals surface area contributed by atoms with Crippen LogP contribution >= 0.6 is 0 Å². The fourth-order valence-corrected chi connectivity index (χ4v) is 3.27. The molecule has 1 aliphatic carbocycles. The molecule has 0 saturated carbocycles. The lowest BCUT2D eigenvalue weighted by atomic mass is 10.1. The van der Waals surface area contributed by atoms with Gasteiger partial charge in [0, 0.05) is 0 Å². The summed E-state index contributed by atoms with van der Waals surface area (Å²) >= 11 is 0. The molecule has 5 heteroatoms. The van der Waals surface area contributed by atoms with Gasteiger partial charge in [-0.05, 0) is 62.8 Å². The Morgan fingerprint density at radius 2 is 1.79 bits per heavy atom. The van der Waals surface area contributed by atoms with Gasteiger partial charge in [-0.1, -0.05) is 30.7 Å². The minimum atomic E-state index is -3.66. The number of hydrogen-bond donors (Lipinski definition) is 0. The van der Waals surface area contributed by atoms with Gasteiger partial charge in [0.2, 0.25) is 0 Å². The van der Waals surface area contributed by atoms with E-state index in [1.165, 1.54) is 0 Å². The van der Waals surface area contributed by atoms with Gasteiger partial charge in [0.1, 0.15) is 5.76 Å². The Kier molecular flexibility index (Phi) is 7.06. The van der Waals surface area contributed by atoms with Crippen LogP contribution in [0, 0.1) is 12.8 Å². The Hall–Kier alpha value is -1.59. The summed E-state index contributed by atoms with van der Waals surface area (Å²) in [4.78, 5) is 0.208. The Labute approximate surface area is 145 Å². The molecule has 0 bridgehead atoms. The van der Waals surface area contributed by atoms with E-state index in [1.807, 2.05) is 13.0 Å². The van der Waals surface area contributed by atoms with Crippen molar-refractivity contribution >= 4 is 10.1 Å². The van der Waals surface area contributed by atoms with Crippen molar-refractivity contribution in [2.45, 2.75) is 44.4 Å². The van der Waals surface area contributed by atoms with E-state index in [-0.39, 0.29) is 11.5 Å². The zero-order valence-corrected chi connectivity index (χ0v) is 15.2. The highest BCUT2D eigenvalue weighted by Crippen LogP contribution is 2.16. The molecule has 0 aromatic heterocycles. The summed E-state index contributed by atoms with van der Waals surface area (Å²) in [6.45, 7) is 4.83. The third-order valence-corrected chi connectivity index (χ3v) is 5.33. The van der Waals surface area contributed by atoms with Crippen molar-refractivity contribution in [3.63, 3.8) is 0 Å². The van der Waals surface area contributed by atoms with Crippen molar-refractivity contribution in [2.75, 3.05) is 13.2 Å². The zero-order chi connectivity index (χ0) is 17.4. The molecule has 0 spiro atoms. The highest BCUT2D eigenvalue weighted by Gasteiger charge is 2.15. The first-order chi connectivity index (χ1) is 11.5. The molecule has 2 rings (SSSR count). The summed E-state index contributed by atoms with van der Waals surface area (Å²) < 4.78 is 35.0. The lowest BCUT2D eigenvalue weighted by Crippen LogP contribution is -2.11. The predicted octanol–water partition coefficient (Wildman–Crippen LogP) is 4.37. The second-order valence-corrected chi connectivity index (χ2v) is 7.82. The fourth-order valence-electron chi connectivity index (χ4n) is 2.35. The van der Waals surface area contributed by atoms with Crippen LogP contribution in [0.1, 0.15) is 38.2 Å². The van der Waals surface area contributed by atoms with Crippen molar-refractivity contribution < 1.29 is 17.3 Å². The standard InChI is InChI=1S/C19H26O4S/c1-16-8-10-19(11-9-16)24(20,21)23-15-13-17(2)12-14-22-18-6-4-3-5-7-18/h4,6-11,17H,3,5,12-15H2,1-2H3. The van der Waals surface area contributed by atoms with Crippen molar-refractivity contribution in [3.05, 3.63) is 53.8 Å². The van der Waals surface area contributed by atoms with Crippen LogP contribution in [-0.2, 0) is 19.0 Å². The SMILES string of the molecule is Cc1ccc(S(=O)(=O)OCCC(C)CCOC2=CCCC=C2)cc1. The average molecular weight is 350 g/mol. The fraction of sp³-hybridized carbons (Fsp3) is 0.474. The van der Waals surface area contributed by atoms with Crippen LogP contribution in [0.2, 0.25) is 0 Å². The van der Waals surface area contributed by atoms with Gasteiger partial charge in [-0.15, -0.1) is 0 Å². The van der Waals surface area contributed by atoms with Gasteiger partial charge in [-0.3, -0.25) is 4.18 Å². The van der Waals surface area contributed by atoms with Crippen LogP contribution in [0.4, 0.5) is 0 Å². The molecule has 0 aliphatic heterocycles. The average Bonchev–Trinajstić information content (AvgIpc) is 2.56. The number of allylic oxidation sites excluding steroid dienone is 3. The molecule has 1 aromatic rings. The van der Waals surface area contributed by atoms with E-state index in [4.69, 9.17) is 8.92 Å². The summed E-state index contributed by atoms with van der Waals surface area (Å²) in [5.74, 6) is 1.28. The monoisotopic (exact) mass is 350 g/mol. The third-order valence-electron chi connectivity index (χ3n) is 4.00. The second kappa shape index (κ2) is 9.04. The van der Waals surface area contributed by atoms with Crippen molar-refractivity contribution in [2.24, 2.45) is 5.92 Å². The maximum absolute atomic E-state index is 12.1. The maximum Gasteiger partial charge on any atom is 0.296 e. The van der Waals surface area contributed by atoms with E-state index in [1.54, 1.807) is 24.3 Å². The maximum atomic E-state index is 12.1. The van der Waals surface area contributed by atoms with Crippen LogP contribution < -0.4 is 0 Å². The van der Waals surface area contributed by atoms with Gasteiger partial charge < -0.3 is 4.74 Å². The predicted molar refractivity (Wildman–Crippen MR) is 95.1 cm³/mol. The number of benzene rings is 1. The lowest BCUT2D eigenvalue weighted by molar-refractivity contribution is 0.191. The van der Waals surface area contributed by atoms with Gasteiger partial charge in [0.15, 0.2) is 0 Å². The first kappa shape index (κ1) is 18.7. The van der Waals surface area contributed by atoms with Crippen LogP contribution in [0.25, 0.3) is 0 Å². The van der Waals surface area contributed by atoms with Crippen molar-refractivity contribution in [3.8, 4) is 0 Å². The minimum Gasteiger partial charge on any atom is -0.494 e. The number of ether oxygens (including phenoxy) is 1. The number of aryl methyl sites for hydroxylation is 1. The Morgan fingerprint density at radius 1 is 1.08 bits per heavy atom. The largest absolute Gasteiger partial charge is 0.494 e. The lowest BCUT2D eigenvalue weighted by Gasteiger charge is -2.14. The van der Waals surface area contributed by atoms with Crippen LogP contribution in [-0.4, -0.2) is 21.6 Å². The highest BCUT2D eigenvalue weighted by molar-refractivity contribution is 7.86.